The lowest BCUT2D eigenvalue weighted by atomic mass is 9.78. The second-order valence-corrected chi connectivity index (χ2v) is 6.18. The molecule has 14 heavy (non-hydrogen) atoms. The first kappa shape index (κ1) is 12.0. The fourth-order valence-corrected chi connectivity index (χ4v) is 2.18. The van der Waals surface area contributed by atoms with Crippen molar-refractivity contribution in [3.63, 3.8) is 0 Å². The fraction of sp³-hybridized carbons (Fsp3) is 1.00. The lowest BCUT2D eigenvalue weighted by Gasteiger charge is -2.46. The molecule has 2 nitrogen and oxygen atoms in total. The molecule has 0 amide bonds. The molecule has 1 unspecified atom stereocenters. The van der Waals surface area contributed by atoms with Crippen molar-refractivity contribution in [2.24, 2.45) is 17.3 Å². The Morgan fingerprint density at radius 2 is 1.79 bits per heavy atom. The smallest absolute Gasteiger partial charge is 0.0641 e. The third kappa shape index (κ3) is 2.96. The van der Waals surface area contributed by atoms with Gasteiger partial charge in [0.2, 0.25) is 0 Å². The van der Waals surface area contributed by atoms with Gasteiger partial charge in [0.05, 0.1) is 6.10 Å². The molecule has 0 saturated carbocycles. The SMILES string of the molecule is CC(C)CN1CC(C(O)C(C)(C)C)C1. The van der Waals surface area contributed by atoms with E-state index in [2.05, 4.69) is 39.5 Å². The van der Waals surface area contributed by atoms with E-state index in [0.29, 0.717) is 5.92 Å². The molecular weight excluding hydrogens is 174 g/mol. The van der Waals surface area contributed by atoms with E-state index in [1.807, 2.05) is 0 Å². The van der Waals surface area contributed by atoms with Crippen LogP contribution in [0.4, 0.5) is 0 Å². The molecular formula is C12H25NO. The third-order valence-corrected chi connectivity index (χ3v) is 2.94. The van der Waals surface area contributed by atoms with E-state index in [9.17, 15) is 5.11 Å². The molecule has 1 aliphatic heterocycles. The fourth-order valence-electron chi connectivity index (χ4n) is 2.18. The number of aliphatic hydroxyl groups is 1. The molecule has 0 spiro atoms. The van der Waals surface area contributed by atoms with Crippen LogP contribution in [0.15, 0.2) is 0 Å². The molecule has 1 N–H and O–H groups in total. The molecule has 1 aliphatic rings. The van der Waals surface area contributed by atoms with Crippen LogP contribution in [0.3, 0.4) is 0 Å². The summed E-state index contributed by atoms with van der Waals surface area (Å²) in [6.07, 6.45) is -0.147. The third-order valence-electron chi connectivity index (χ3n) is 2.94. The summed E-state index contributed by atoms with van der Waals surface area (Å²) in [7, 11) is 0. The van der Waals surface area contributed by atoms with Gasteiger partial charge in [-0.05, 0) is 11.3 Å². The van der Waals surface area contributed by atoms with Gasteiger partial charge in [-0.3, -0.25) is 0 Å². The van der Waals surface area contributed by atoms with Crippen LogP contribution in [-0.4, -0.2) is 35.7 Å². The standard InChI is InChI=1S/C12H25NO/c1-9(2)6-13-7-10(8-13)11(14)12(3,4)5/h9-11,14H,6-8H2,1-5H3. The highest BCUT2D eigenvalue weighted by atomic mass is 16.3. The first-order chi connectivity index (χ1) is 6.30. The molecule has 0 aromatic heterocycles. The van der Waals surface area contributed by atoms with Gasteiger partial charge in [0.25, 0.3) is 0 Å². The molecule has 0 aliphatic carbocycles. The minimum Gasteiger partial charge on any atom is -0.392 e. The van der Waals surface area contributed by atoms with E-state index in [4.69, 9.17) is 0 Å². The number of nitrogens with zero attached hydrogens (tertiary/aromatic N) is 1. The molecule has 1 heterocycles. The van der Waals surface area contributed by atoms with Gasteiger partial charge in [-0.2, -0.15) is 0 Å². The maximum Gasteiger partial charge on any atom is 0.0641 e. The zero-order valence-corrected chi connectivity index (χ0v) is 10.2. The highest BCUT2D eigenvalue weighted by Gasteiger charge is 2.38. The molecule has 1 atom stereocenters. The summed E-state index contributed by atoms with van der Waals surface area (Å²) in [6.45, 7) is 14.2. The van der Waals surface area contributed by atoms with Crippen LogP contribution in [-0.2, 0) is 0 Å². The lowest BCUT2D eigenvalue weighted by Crippen LogP contribution is -2.55. The number of rotatable bonds is 3. The Balaban J connectivity index is 2.27. The summed E-state index contributed by atoms with van der Waals surface area (Å²) in [5.41, 5.74) is 0.0363. The topological polar surface area (TPSA) is 23.5 Å². The van der Waals surface area contributed by atoms with Gasteiger partial charge < -0.3 is 10.0 Å². The van der Waals surface area contributed by atoms with E-state index < -0.39 is 0 Å². The van der Waals surface area contributed by atoms with Crippen molar-refractivity contribution in [2.75, 3.05) is 19.6 Å². The van der Waals surface area contributed by atoms with Gasteiger partial charge >= 0.3 is 0 Å². The Morgan fingerprint density at radius 3 is 2.14 bits per heavy atom. The number of aliphatic hydroxyl groups excluding tert-OH is 1. The van der Waals surface area contributed by atoms with Gasteiger partial charge in [-0.15, -0.1) is 0 Å². The van der Waals surface area contributed by atoms with Crippen molar-refractivity contribution in [1.29, 1.82) is 0 Å². The Bertz CT molecular complexity index is 177. The summed E-state index contributed by atoms with van der Waals surface area (Å²) >= 11 is 0. The quantitative estimate of drug-likeness (QED) is 0.751. The molecule has 1 rings (SSSR count). The first-order valence-corrected chi connectivity index (χ1v) is 5.71. The summed E-state index contributed by atoms with van der Waals surface area (Å²) in [5.74, 6) is 1.23. The van der Waals surface area contributed by atoms with Crippen LogP contribution >= 0.6 is 0 Å². The number of hydrogen-bond donors (Lipinski definition) is 1. The molecule has 1 fully saturated rings. The highest BCUT2D eigenvalue weighted by molar-refractivity contribution is 4.90. The van der Waals surface area contributed by atoms with Crippen molar-refractivity contribution in [2.45, 2.75) is 40.7 Å². The minimum atomic E-state index is -0.147. The summed E-state index contributed by atoms with van der Waals surface area (Å²) in [6, 6.07) is 0. The van der Waals surface area contributed by atoms with E-state index in [-0.39, 0.29) is 11.5 Å². The van der Waals surface area contributed by atoms with Gasteiger partial charge in [-0.25, -0.2) is 0 Å². The zero-order chi connectivity index (χ0) is 10.9. The predicted octanol–water partition coefficient (Wildman–Crippen LogP) is 1.98. The molecule has 84 valence electrons. The largest absolute Gasteiger partial charge is 0.392 e. The molecule has 0 radical (unpaired) electrons. The molecule has 0 aromatic carbocycles. The summed E-state index contributed by atoms with van der Waals surface area (Å²) in [4.78, 5) is 2.43. The van der Waals surface area contributed by atoms with Crippen molar-refractivity contribution in [3.05, 3.63) is 0 Å². The Kier molecular flexibility index (Phi) is 3.59. The molecule has 0 bridgehead atoms. The Morgan fingerprint density at radius 1 is 1.29 bits per heavy atom. The number of likely N-dealkylation sites (tertiary alicyclic amines) is 1. The van der Waals surface area contributed by atoms with Crippen LogP contribution in [0.25, 0.3) is 0 Å². The Hall–Kier alpha value is -0.0800. The summed E-state index contributed by atoms with van der Waals surface area (Å²) < 4.78 is 0. The first-order valence-electron chi connectivity index (χ1n) is 5.71. The molecule has 1 saturated heterocycles. The van der Waals surface area contributed by atoms with Crippen molar-refractivity contribution >= 4 is 0 Å². The van der Waals surface area contributed by atoms with E-state index in [1.54, 1.807) is 0 Å². The van der Waals surface area contributed by atoms with E-state index in [1.165, 1.54) is 6.54 Å². The second kappa shape index (κ2) is 4.19. The van der Waals surface area contributed by atoms with Crippen LogP contribution in [0, 0.1) is 17.3 Å². The van der Waals surface area contributed by atoms with Crippen molar-refractivity contribution in [1.82, 2.24) is 4.90 Å². The molecule has 2 heteroatoms. The second-order valence-electron chi connectivity index (χ2n) is 6.18. The van der Waals surface area contributed by atoms with Crippen LogP contribution < -0.4 is 0 Å². The lowest BCUT2D eigenvalue weighted by molar-refractivity contribution is -0.0601. The normalized spacial score (nSPS) is 22.5. The summed E-state index contributed by atoms with van der Waals surface area (Å²) in [5, 5.41) is 10.0. The maximum atomic E-state index is 10.0. The van der Waals surface area contributed by atoms with Crippen LogP contribution in [0.5, 0.6) is 0 Å². The maximum absolute atomic E-state index is 10.0. The zero-order valence-electron chi connectivity index (χ0n) is 10.2. The average Bonchev–Trinajstić information content (AvgIpc) is 1.92. The van der Waals surface area contributed by atoms with Crippen molar-refractivity contribution in [3.8, 4) is 0 Å². The number of hydrogen-bond acceptors (Lipinski definition) is 2. The van der Waals surface area contributed by atoms with Crippen LogP contribution in [0.1, 0.15) is 34.6 Å². The molecule has 0 aromatic rings. The Labute approximate surface area is 88.3 Å². The highest BCUT2D eigenvalue weighted by Crippen LogP contribution is 2.31. The van der Waals surface area contributed by atoms with Crippen molar-refractivity contribution < 1.29 is 5.11 Å². The van der Waals surface area contributed by atoms with Gasteiger partial charge in [-0.1, -0.05) is 34.6 Å². The van der Waals surface area contributed by atoms with Gasteiger partial charge in [0.15, 0.2) is 0 Å². The van der Waals surface area contributed by atoms with E-state index >= 15 is 0 Å². The van der Waals surface area contributed by atoms with Gasteiger partial charge in [0.1, 0.15) is 0 Å². The van der Waals surface area contributed by atoms with Crippen LogP contribution in [0.2, 0.25) is 0 Å². The predicted molar refractivity (Wildman–Crippen MR) is 60.2 cm³/mol. The monoisotopic (exact) mass is 199 g/mol. The van der Waals surface area contributed by atoms with Gasteiger partial charge in [0, 0.05) is 25.6 Å². The minimum absolute atomic E-state index is 0.0363. The average molecular weight is 199 g/mol. The van der Waals surface area contributed by atoms with E-state index in [0.717, 1.165) is 19.0 Å².